The van der Waals surface area contributed by atoms with E-state index in [1.54, 1.807) is 4.90 Å². The molecule has 2 aliphatic heterocycles. The van der Waals surface area contributed by atoms with Crippen LogP contribution in [0, 0.1) is 5.92 Å². The second-order valence-corrected chi connectivity index (χ2v) is 11.1. The Labute approximate surface area is 212 Å². The molecule has 0 aliphatic carbocycles. The SMILES string of the molecule is CC[C@@H](C)c1ccccc1N1C[C@@H](C(=O)Nc2cc(S(=O)(=O)N3CCOCC3)ccc2OC)CC1=O. The van der Waals surface area contributed by atoms with Crippen LogP contribution >= 0.6 is 0 Å². The summed E-state index contributed by atoms with van der Waals surface area (Å²) in [6, 6.07) is 12.2. The molecule has 10 heteroatoms. The number of hydrogen-bond acceptors (Lipinski definition) is 6. The highest BCUT2D eigenvalue weighted by Gasteiger charge is 2.37. The molecule has 2 heterocycles. The quantitative estimate of drug-likeness (QED) is 0.579. The molecule has 0 saturated carbocycles. The first-order valence-electron chi connectivity index (χ1n) is 12.2. The predicted molar refractivity (Wildman–Crippen MR) is 137 cm³/mol. The van der Waals surface area contributed by atoms with Gasteiger partial charge in [-0.2, -0.15) is 4.31 Å². The number of rotatable bonds is 8. The van der Waals surface area contributed by atoms with Crippen LogP contribution in [0.2, 0.25) is 0 Å². The number of para-hydroxylation sites is 1. The third kappa shape index (κ3) is 5.25. The van der Waals surface area contributed by atoms with E-state index in [1.807, 2.05) is 24.3 Å². The first-order chi connectivity index (χ1) is 17.3. The van der Waals surface area contributed by atoms with Crippen LogP contribution in [0.1, 0.15) is 38.2 Å². The topological polar surface area (TPSA) is 105 Å². The maximum absolute atomic E-state index is 13.2. The van der Waals surface area contributed by atoms with Gasteiger partial charge in [-0.1, -0.05) is 32.0 Å². The molecule has 2 saturated heterocycles. The van der Waals surface area contributed by atoms with Gasteiger partial charge in [-0.05, 0) is 42.2 Å². The Hall–Kier alpha value is -2.95. The second-order valence-electron chi connectivity index (χ2n) is 9.14. The minimum absolute atomic E-state index is 0.0621. The molecule has 1 N–H and O–H groups in total. The Morgan fingerprint density at radius 1 is 1.19 bits per heavy atom. The number of methoxy groups -OCH3 is 1. The van der Waals surface area contributed by atoms with E-state index in [1.165, 1.54) is 29.6 Å². The Morgan fingerprint density at radius 3 is 2.61 bits per heavy atom. The van der Waals surface area contributed by atoms with Gasteiger partial charge in [0, 0.05) is 31.7 Å². The van der Waals surface area contributed by atoms with Gasteiger partial charge >= 0.3 is 0 Å². The fraction of sp³-hybridized carbons (Fsp3) is 0.462. The number of carbonyl (C=O) groups is 2. The van der Waals surface area contributed by atoms with Crippen molar-refractivity contribution in [1.29, 1.82) is 0 Å². The number of nitrogens with zero attached hydrogens (tertiary/aromatic N) is 2. The minimum Gasteiger partial charge on any atom is -0.495 e. The van der Waals surface area contributed by atoms with Crippen molar-refractivity contribution in [2.45, 2.75) is 37.5 Å². The molecular weight excluding hydrogens is 482 g/mol. The van der Waals surface area contributed by atoms with E-state index in [-0.39, 0.29) is 54.4 Å². The lowest BCUT2D eigenvalue weighted by molar-refractivity contribution is -0.122. The van der Waals surface area contributed by atoms with Gasteiger partial charge in [-0.15, -0.1) is 0 Å². The van der Waals surface area contributed by atoms with Crippen LogP contribution < -0.4 is 15.0 Å². The Morgan fingerprint density at radius 2 is 1.92 bits per heavy atom. The van der Waals surface area contributed by atoms with E-state index in [2.05, 4.69) is 19.2 Å². The molecule has 2 atom stereocenters. The minimum atomic E-state index is -3.75. The summed E-state index contributed by atoms with van der Waals surface area (Å²) in [5.74, 6) is -0.422. The molecule has 9 nitrogen and oxygen atoms in total. The summed E-state index contributed by atoms with van der Waals surface area (Å²) in [4.78, 5) is 27.9. The first kappa shape index (κ1) is 26.1. The van der Waals surface area contributed by atoms with Crippen LogP contribution in [-0.2, 0) is 24.3 Å². The van der Waals surface area contributed by atoms with Crippen LogP contribution in [0.25, 0.3) is 0 Å². The molecule has 2 fully saturated rings. The van der Waals surface area contributed by atoms with Gasteiger partial charge in [0.05, 0.1) is 36.8 Å². The maximum Gasteiger partial charge on any atom is 0.243 e. The van der Waals surface area contributed by atoms with E-state index in [0.717, 1.165) is 17.7 Å². The summed E-state index contributed by atoms with van der Waals surface area (Å²) in [6.45, 7) is 5.70. The number of nitrogens with one attached hydrogen (secondary N) is 1. The highest BCUT2D eigenvalue weighted by Crippen LogP contribution is 2.35. The summed E-state index contributed by atoms with van der Waals surface area (Å²) in [5.41, 5.74) is 2.17. The van der Waals surface area contributed by atoms with Gasteiger partial charge in [0.15, 0.2) is 0 Å². The molecule has 194 valence electrons. The van der Waals surface area contributed by atoms with Gasteiger partial charge in [0.25, 0.3) is 0 Å². The molecule has 2 aromatic carbocycles. The third-order valence-corrected chi connectivity index (χ3v) is 8.80. The fourth-order valence-corrected chi connectivity index (χ4v) is 6.04. The smallest absolute Gasteiger partial charge is 0.243 e. The van der Waals surface area contributed by atoms with Crippen molar-refractivity contribution in [3.8, 4) is 5.75 Å². The summed E-state index contributed by atoms with van der Waals surface area (Å²) in [7, 11) is -2.30. The van der Waals surface area contributed by atoms with Crippen LogP contribution in [0.4, 0.5) is 11.4 Å². The third-order valence-electron chi connectivity index (χ3n) is 6.90. The molecular formula is C26H33N3O6S. The van der Waals surface area contributed by atoms with Crippen LogP contribution in [-0.4, -0.2) is 64.5 Å². The van der Waals surface area contributed by atoms with Crippen molar-refractivity contribution in [2.24, 2.45) is 5.92 Å². The van der Waals surface area contributed by atoms with Crippen molar-refractivity contribution in [2.75, 3.05) is 50.2 Å². The van der Waals surface area contributed by atoms with E-state index in [0.29, 0.717) is 19.0 Å². The number of sulfonamides is 1. The lowest BCUT2D eigenvalue weighted by Crippen LogP contribution is -2.40. The lowest BCUT2D eigenvalue weighted by atomic mass is 9.96. The maximum atomic E-state index is 13.2. The highest BCUT2D eigenvalue weighted by atomic mass is 32.2. The lowest BCUT2D eigenvalue weighted by Gasteiger charge is -2.26. The number of hydrogen-bond donors (Lipinski definition) is 1. The van der Waals surface area contributed by atoms with Gasteiger partial charge in [0.1, 0.15) is 5.75 Å². The Kier molecular flexibility index (Phi) is 7.97. The fourth-order valence-electron chi connectivity index (χ4n) is 4.60. The number of morpholine rings is 1. The average Bonchev–Trinajstić information content (AvgIpc) is 3.30. The van der Waals surface area contributed by atoms with Crippen molar-refractivity contribution in [3.05, 3.63) is 48.0 Å². The monoisotopic (exact) mass is 515 g/mol. The molecule has 2 amide bonds. The Bertz CT molecular complexity index is 1230. The summed E-state index contributed by atoms with van der Waals surface area (Å²) < 4.78 is 38.2. The van der Waals surface area contributed by atoms with E-state index in [4.69, 9.17) is 9.47 Å². The first-order valence-corrected chi connectivity index (χ1v) is 13.7. The zero-order chi connectivity index (χ0) is 25.9. The summed E-state index contributed by atoms with van der Waals surface area (Å²) in [6.07, 6.45) is 1.02. The molecule has 0 unspecified atom stereocenters. The van der Waals surface area contributed by atoms with Crippen LogP contribution in [0.3, 0.4) is 0 Å². The van der Waals surface area contributed by atoms with Crippen molar-refractivity contribution >= 4 is 33.2 Å². The van der Waals surface area contributed by atoms with Gasteiger partial charge in [-0.25, -0.2) is 8.42 Å². The van der Waals surface area contributed by atoms with Crippen molar-refractivity contribution in [1.82, 2.24) is 4.31 Å². The standard InChI is InChI=1S/C26H33N3O6S/c1-4-18(2)21-7-5-6-8-23(21)29-17-19(15-25(29)30)26(31)27-22-16-20(9-10-24(22)34-3)36(32,33)28-11-13-35-14-12-28/h5-10,16,18-19H,4,11-15,17H2,1-3H3,(H,27,31)/t18-,19+/m1/s1. The number of amides is 2. The normalized spacial score (nSPS) is 19.8. The molecule has 2 aliphatic rings. The molecule has 0 aromatic heterocycles. The zero-order valence-electron chi connectivity index (χ0n) is 20.9. The highest BCUT2D eigenvalue weighted by molar-refractivity contribution is 7.89. The van der Waals surface area contributed by atoms with Crippen molar-refractivity contribution in [3.63, 3.8) is 0 Å². The van der Waals surface area contributed by atoms with Gasteiger partial charge < -0.3 is 19.7 Å². The van der Waals surface area contributed by atoms with Crippen LogP contribution in [0.15, 0.2) is 47.4 Å². The van der Waals surface area contributed by atoms with Gasteiger partial charge in [0.2, 0.25) is 21.8 Å². The Balaban J connectivity index is 1.54. The molecule has 36 heavy (non-hydrogen) atoms. The molecule has 4 rings (SSSR count). The van der Waals surface area contributed by atoms with Crippen molar-refractivity contribution < 1.29 is 27.5 Å². The number of carbonyl (C=O) groups excluding carboxylic acids is 2. The molecule has 0 bridgehead atoms. The molecule has 0 radical (unpaired) electrons. The number of ether oxygens (including phenoxy) is 2. The average molecular weight is 516 g/mol. The second kappa shape index (κ2) is 11.0. The number of anilines is 2. The molecule has 2 aromatic rings. The van der Waals surface area contributed by atoms with Crippen LogP contribution in [0.5, 0.6) is 5.75 Å². The largest absolute Gasteiger partial charge is 0.495 e. The number of benzene rings is 2. The summed E-state index contributed by atoms with van der Waals surface area (Å²) in [5, 5.41) is 2.81. The molecule has 0 spiro atoms. The zero-order valence-corrected chi connectivity index (χ0v) is 21.7. The predicted octanol–water partition coefficient (Wildman–Crippen LogP) is 3.22. The summed E-state index contributed by atoms with van der Waals surface area (Å²) >= 11 is 0. The van der Waals surface area contributed by atoms with Gasteiger partial charge in [-0.3, -0.25) is 9.59 Å². The van der Waals surface area contributed by atoms with E-state index >= 15 is 0 Å². The van der Waals surface area contributed by atoms with E-state index < -0.39 is 15.9 Å². The van der Waals surface area contributed by atoms with E-state index in [9.17, 15) is 18.0 Å².